The van der Waals surface area contributed by atoms with Crippen molar-refractivity contribution < 1.29 is 24.5 Å². The molecule has 6 heteroatoms. The monoisotopic (exact) mass is 371 g/mol. The Labute approximate surface area is 158 Å². The first-order chi connectivity index (χ1) is 12.8. The zero-order valence-electron chi connectivity index (χ0n) is 15.7. The Morgan fingerprint density at radius 1 is 1.07 bits per heavy atom. The van der Waals surface area contributed by atoms with Gasteiger partial charge in [0, 0.05) is 0 Å². The van der Waals surface area contributed by atoms with Gasteiger partial charge in [0.2, 0.25) is 5.91 Å². The van der Waals surface area contributed by atoms with Crippen LogP contribution >= 0.6 is 0 Å². The highest BCUT2D eigenvalue weighted by Crippen LogP contribution is 2.18. The van der Waals surface area contributed by atoms with Gasteiger partial charge in [-0.1, -0.05) is 38.1 Å². The number of rotatable bonds is 8. The van der Waals surface area contributed by atoms with Gasteiger partial charge in [0.15, 0.2) is 0 Å². The molecule has 144 valence electrons. The molecule has 0 aliphatic carbocycles. The Morgan fingerprint density at radius 3 is 2.30 bits per heavy atom. The predicted molar refractivity (Wildman–Crippen MR) is 101 cm³/mol. The summed E-state index contributed by atoms with van der Waals surface area (Å²) >= 11 is 0. The fourth-order valence-corrected chi connectivity index (χ4v) is 2.70. The normalized spacial score (nSPS) is 13.2. The second-order valence-electron chi connectivity index (χ2n) is 6.80. The quantitative estimate of drug-likeness (QED) is 0.660. The molecule has 2 aromatic rings. The first-order valence-electron chi connectivity index (χ1n) is 8.81. The molecule has 6 nitrogen and oxygen atoms in total. The fraction of sp³-hybridized carbons (Fsp3) is 0.333. The lowest BCUT2D eigenvalue weighted by Gasteiger charge is -2.23. The van der Waals surface area contributed by atoms with E-state index in [1.54, 1.807) is 30.3 Å². The molecule has 27 heavy (non-hydrogen) atoms. The van der Waals surface area contributed by atoms with E-state index in [9.17, 15) is 14.7 Å². The van der Waals surface area contributed by atoms with Crippen LogP contribution < -0.4 is 5.32 Å². The zero-order chi connectivity index (χ0) is 20.0. The number of nitrogens with one attached hydrogen (secondary N) is 1. The number of phenols is 1. The number of benzene rings is 2. The molecule has 0 heterocycles. The molecule has 2 aromatic carbocycles. The lowest BCUT2D eigenvalue weighted by molar-refractivity contribution is -0.137. The zero-order valence-corrected chi connectivity index (χ0v) is 15.7. The molecule has 0 fully saturated rings. The predicted octanol–water partition coefficient (Wildman–Crippen LogP) is 3.51. The number of ether oxygens (including phenoxy) is 1. The molecular weight excluding hydrogens is 346 g/mol. The van der Waals surface area contributed by atoms with Gasteiger partial charge in [0.05, 0.1) is 18.2 Å². The molecule has 0 radical (unpaired) electrons. The largest absolute Gasteiger partial charge is 0.508 e. The summed E-state index contributed by atoms with van der Waals surface area (Å²) < 4.78 is 5.79. The summed E-state index contributed by atoms with van der Waals surface area (Å²) in [7, 11) is 0. The van der Waals surface area contributed by atoms with Crippen molar-refractivity contribution in [3.8, 4) is 5.75 Å². The van der Waals surface area contributed by atoms with Crippen LogP contribution in [0.15, 0.2) is 48.5 Å². The highest BCUT2D eigenvalue weighted by molar-refractivity contribution is 5.87. The second-order valence-corrected chi connectivity index (χ2v) is 6.80. The van der Waals surface area contributed by atoms with Crippen molar-refractivity contribution in [3.63, 3.8) is 0 Å². The lowest BCUT2D eigenvalue weighted by Crippen LogP contribution is -2.40. The van der Waals surface area contributed by atoms with Gasteiger partial charge in [-0.25, -0.2) is 4.79 Å². The summed E-state index contributed by atoms with van der Waals surface area (Å²) in [4.78, 5) is 23.6. The smallest absolute Gasteiger partial charge is 0.335 e. The van der Waals surface area contributed by atoms with E-state index in [-0.39, 0.29) is 35.8 Å². The minimum absolute atomic E-state index is 0.0381. The lowest BCUT2D eigenvalue weighted by atomic mass is 10.0. The maximum atomic E-state index is 12.7. The number of carboxylic acid groups (broad SMARTS) is 1. The fourth-order valence-electron chi connectivity index (χ4n) is 2.70. The number of carboxylic acids is 1. The van der Waals surface area contributed by atoms with E-state index in [1.165, 1.54) is 12.1 Å². The van der Waals surface area contributed by atoms with Crippen molar-refractivity contribution in [1.82, 2.24) is 5.32 Å². The van der Waals surface area contributed by atoms with Gasteiger partial charge in [0.1, 0.15) is 11.9 Å². The van der Waals surface area contributed by atoms with Crippen molar-refractivity contribution >= 4 is 11.9 Å². The summed E-state index contributed by atoms with van der Waals surface area (Å²) in [5, 5.41) is 21.4. The third-order valence-electron chi connectivity index (χ3n) is 4.22. The van der Waals surface area contributed by atoms with Crippen molar-refractivity contribution in [2.24, 2.45) is 5.92 Å². The molecule has 0 aliphatic rings. The van der Waals surface area contributed by atoms with Crippen LogP contribution in [0.1, 0.15) is 48.3 Å². The van der Waals surface area contributed by atoms with E-state index in [1.807, 2.05) is 26.8 Å². The Morgan fingerprint density at radius 2 is 1.74 bits per heavy atom. The molecular formula is C21H25NO5. The molecule has 2 rings (SSSR count). The highest BCUT2D eigenvalue weighted by atomic mass is 16.5. The standard InChI is InChI=1S/C21H25NO5/c1-13(2)19(27-12-15-5-4-6-18(23)11-15)20(24)22-14(3)16-7-9-17(10-8-16)21(25)26/h4-11,13-14,19,23H,12H2,1-3H3,(H,22,24)(H,25,26)/t14-,19?/m0/s1. The van der Waals surface area contributed by atoms with Gasteiger partial charge in [-0.2, -0.15) is 0 Å². The Hall–Kier alpha value is -2.86. The van der Waals surface area contributed by atoms with Gasteiger partial charge in [-0.15, -0.1) is 0 Å². The maximum Gasteiger partial charge on any atom is 0.335 e. The SMILES string of the molecule is CC(C)C(OCc1cccc(O)c1)C(=O)N[C@@H](C)c1ccc(C(=O)O)cc1. The van der Waals surface area contributed by atoms with Crippen LogP contribution in [0, 0.1) is 5.92 Å². The number of carbonyl (C=O) groups excluding carboxylic acids is 1. The molecule has 2 atom stereocenters. The minimum Gasteiger partial charge on any atom is -0.508 e. The molecule has 0 aromatic heterocycles. The summed E-state index contributed by atoms with van der Waals surface area (Å²) in [6.45, 7) is 5.85. The summed E-state index contributed by atoms with van der Waals surface area (Å²) in [6.07, 6.45) is -0.645. The molecule has 1 unspecified atom stereocenters. The number of aromatic carboxylic acids is 1. The van der Waals surface area contributed by atoms with Crippen LogP contribution in [-0.4, -0.2) is 28.2 Å². The topological polar surface area (TPSA) is 95.9 Å². The summed E-state index contributed by atoms with van der Waals surface area (Å²) in [5.41, 5.74) is 1.79. The average Bonchev–Trinajstić information content (AvgIpc) is 2.61. The molecule has 1 amide bonds. The van der Waals surface area contributed by atoms with E-state index < -0.39 is 12.1 Å². The van der Waals surface area contributed by atoms with Crippen molar-refractivity contribution in [2.75, 3.05) is 0 Å². The van der Waals surface area contributed by atoms with Crippen LogP contribution in [-0.2, 0) is 16.1 Å². The van der Waals surface area contributed by atoms with Gasteiger partial charge in [-0.3, -0.25) is 4.79 Å². The van der Waals surface area contributed by atoms with Gasteiger partial charge < -0.3 is 20.3 Å². The Bertz CT molecular complexity index is 785. The van der Waals surface area contributed by atoms with Crippen LogP contribution in [0.2, 0.25) is 0 Å². The molecule has 0 saturated carbocycles. The van der Waals surface area contributed by atoms with Gasteiger partial charge in [0.25, 0.3) is 0 Å². The van der Waals surface area contributed by atoms with E-state index >= 15 is 0 Å². The van der Waals surface area contributed by atoms with E-state index in [0.717, 1.165) is 11.1 Å². The van der Waals surface area contributed by atoms with Crippen LogP contribution in [0.5, 0.6) is 5.75 Å². The molecule has 0 bridgehead atoms. The number of hydrogen-bond donors (Lipinski definition) is 3. The van der Waals surface area contributed by atoms with E-state index in [0.29, 0.717) is 0 Å². The summed E-state index contributed by atoms with van der Waals surface area (Å²) in [5.74, 6) is -1.11. The number of amides is 1. The van der Waals surface area contributed by atoms with Gasteiger partial charge >= 0.3 is 5.97 Å². The molecule has 0 saturated heterocycles. The summed E-state index contributed by atoms with van der Waals surface area (Å²) in [6, 6.07) is 12.8. The number of phenolic OH excluding ortho intramolecular Hbond substituents is 1. The van der Waals surface area contributed by atoms with E-state index in [4.69, 9.17) is 9.84 Å². The number of hydrogen-bond acceptors (Lipinski definition) is 4. The van der Waals surface area contributed by atoms with Gasteiger partial charge in [-0.05, 0) is 48.2 Å². The number of carbonyl (C=O) groups is 2. The van der Waals surface area contributed by atoms with Crippen LogP contribution in [0.3, 0.4) is 0 Å². The Balaban J connectivity index is 2.00. The third-order valence-corrected chi connectivity index (χ3v) is 4.22. The molecule has 0 spiro atoms. The second kappa shape index (κ2) is 9.19. The first-order valence-corrected chi connectivity index (χ1v) is 8.81. The highest BCUT2D eigenvalue weighted by Gasteiger charge is 2.24. The van der Waals surface area contributed by atoms with Crippen molar-refractivity contribution in [3.05, 3.63) is 65.2 Å². The van der Waals surface area contributed by atoms with Crippen LogP contribution in [0.4, 0.5) is 0 Å². The van der Waals surface area contributed by atoms with Crippen molar-refractivity contribution in [2.45, 2.75) is 39.5 Å². The third kappa shape index (κ3) is 5.82. The Kier molecular flexibility index (Phi) is 6.96. The minimum atomic E-state index is -0.988. The average molecular weight is 371 g/mol. The van der Waals surface area contributed by atoms with Crippen molar-refractivity contribution in [1.29, 1.82) is 0 Å². The van der Waals surface area contributed by atoms with Crippen LogP contribution in [0.25, 0.3) is 0 Å². The number of aromatic hydroxyl groups is 1. The molecule has 3 N–H and O–H groups in total. The molecule has 0 aliphatic heterocycles. The van der Waals surface area contributed by atoms with E-state index in [2.05, 4.69) is 5.32 Å². The first kappa shape index (κ1) is 20.5. The maximum absolute atomic E-state index is 12.7.